The van der Waals surface area contributed by atoms with Crippen LogP contribution in [0.2, 0.25) is 0 Å². The highest BCUT2D eigenvalue weighted by atomic mass is 16.5. The summed E-state index contributed by atoms with van der Waals surface area (Å²) in [6, 6.07) is 28.7. The normalized spacial score (nSPS) is 16.1. The zero-order valence-electron chi connectivity index (χ0n) is 20.9. The third kappa shape index (κ3) is 5.07. The monoisotopic (exact) mass is 482 g/mol. The van der Waals surface area contributed by atoms with Gasteiger partial charge in [-0.1, -0.05) is 60.7 Å². The molecule has 3 N–H and O–H groups in total. The molecule has 1 fully saturated rings. The summed E-state index contributed by atoms with van der Waals surface area (Å²) in [5.74, 6) is 1.54. The maximum Gasteiger partial charge on any atom is 0.137 e. The number of hydrogen-bond donors (Lipinski definition) is 3. The van der Waals surface area contributed by atoms with E-state index in [2.05, 4.69) is 63.7 Å². The highest BCUT2D eigenvalue weighted by Gasteiger charge is 2.38. The Morgan fingerprint density at radius 1 is 0.861 bits per heavy atom. The number of piperazine rings is 1. The van der Waals surface area contributed by atoms with Crippen LogP contribution in [-0.2, 0) is 0 Å². The zero-order chi connectivity index (χ0) is 24.9. The van der Waals surface area contributed by atoms with Gasteiger partial charge in [0.15, 0.2) is 0 Å². The summed E-state index contributed by atoms with van der Waals surface area (Å²) < 4.78 is 5.30. The zero-order valence-corrected chi connectivity index (χ0v) is 20.9. The van der Waals surface area contributed by atoms with Crippen LogP contribution in [0.15, 0.2) is 84.9 Å². The Labute approximate surface area is 213 Å². The molecule has 2 unspecified atom stereocenters. The molecule has 6 heteroatoms. The number of benzene rings is 3. The van der Waals surface area contributed by atoms with Crippen LogP contribution in [0.4, 0.5) is 0 Å². The number of imidazole rings is 1. The van der Waals surface area contributed by atoms with Crippen molar-refractivity contribution in [1.29, 1.82) is 0 Å². The van der Waals surface area contributed by atoms with Gasteiger partial charge in [-0.05, 0) is 42.3 Å². The molecule has 2 heterocycles. The van der Waals surface area contributed by atoms with Crippen molar-refractivity contribution in [2.24, 2.45) is 0 Å². The van der Waals surface area contributed by atoms with Crippen molar-refractivity contribution in [2.45, 2.75) is 25.0 Å². The molecule has 36 heavy (non-hydrogen) atoms. The Balaban J connectivity index is 1.57. The van der Waals surface area contributed by atoms with E-state index in [4.69, 9.17) is 9.72 Å². The van der Waals surface area contributed by atoms with E-state index in [1.165, 1.54) is 11.1 Å². The molecule has 3 aromatic carbocycles. The first kappa shape index (κ1) is 24.3. The molecule has 0 saturated carbocycles. The number of hydrogen-bond acceptors (Lipinski definition) is 5. The first-order chi connectivity index (χ1) is 17.7. The Bertz CT molecular complexity index is 1200. The average molecular weight is 483 g/mol. The van der Waals surface area contributed by atoms with Gasteiger partial charge >= 0.3 is 0 Å². The molecule has 4 aromatic rings. The number of ether oxygens (including phenoxy) is 1. The summed E-state index contributed by atoms with van der Waals surface area (Å²) in [5, 5.41) is 15.5. The van der Waals surface area contributed by atoms with Crippen molar-refractivity contribution < 1.29 is 9.84 Å². The SMILES string of the molecule is COc1ccc(-c2nc(C(O)C(C(c3ccccc3)c3ccccc3)N3CCNCC3)c(C)[nH]2)cc1. The number of H-pyrrole nitrogens is 1. The van der Waals surface area contributed by atoms with Crippen LogP contribution in [0.1, 0.15) is 34.5 Å². The third-order valence-electron chi connectivity index (χ3n) is 7.12. The highest BCUT2D eigenvalue weighted by Crippen LogP contribution is 2.38. The van der Waals surface area contributed by atoms with Crippen LogP contribution < -0.4 is 10.1 Å². The molecule has 1 aliphatic rings. The van der Waals surface area contributed by atoms with Crippen LogP contribution in [-0.4, -0.2) is 59.3 Å². The molecule has 6 nitrogen and oxygen atoms in total. The fourth-order valence-electron chi connectivity index (χ4n) is 5.29. The van der Waals surface area contributed by atoms with Crippen LogP contribution in [0.5, 0.6) is 5.75 Å². The lowest BCUT2D eigenvalue weighted by molar-refractivity contribution is 0.0295. The molecule has 5 rings (SSSR count). The van der Waals surface area contributed by atoms with Crippen molar-refractivity contribution in [2.75, 3.05) is 33.3 Å². The van der Waals surface area contributed by atoms with Crippen LogP contribution >= 0.6 is 0 Å². The van der Waals surface area contributed by atoms with Gasteiger partial charge in [0.1, 0.15) is 17.7 Å². The van der Waals surface area contributed by atoms with E-state index in [9.17, 15) is 5.11 Å². The lowest BCUT2D eigenvalue weighted by Gasteiger charge is -2.42. The van der Waals surface area contributed by atoms with Gasteiger partial charge in [0.25, 0.3) is 0 Å². The second kappa shape index (κ2) is 11.1. The summed E-state index contributed by atoms with van der Waals surface area (Å²) >= 11 is 0. The van der Waals surface area contributed by atoms with Gasteiger partial charge in [0, 0.05) is 43.4 Å². The minimum Gasteiger partial charge on any atom is -0.497 e. The number of aliphatic hydroxyl groups is 1. The standard InChI is InChI=1S/C30H34N4O2/c1-21-27(33-30(32-21)24-13-15-25(36-2)16-14-24)29(35)28(34-19-17-31-18-20-34)26(22-9-5-3-6-10-22)23-11-7-4-8-12-23/h3-16,26,28-29,31,35H,17-20H2,1-2H3,(H,32,33). The van der Waals surface area contributed by atoms with E-state index in [-0.39, 0.29) is 12.0 Å². The van der Waals surface area contributed by atoms with E-state index in [0.717, 1.165) is 49.0 Å². The van der Waals surface area contributed by atoms with Gasteiger partial charge in [-0.15, -0.1) is 0 Å². The number of methoxy groups -OCH3 is 1. The molecule has 0 radical (unpaired) electrons. The third-order valence-corrected chi connectivity index (χ3v) is 7.12. The van der Waals surface area contributed by atoms with Gasteiger partial charge in [0.2, 0.25) is 0 Å². The lowest BCUT2D eigenvalue weighted by atomic mass is 9.80. The number of aromatic amines is 1. The predicted octanol–water partition coefficient (Wildman–Crippen LogP) is 4.53. The van der Waals surface area contributed by atoms with E-state index in [1.807, 2.05) is 43.3 Å². The molecule has 0 spiro atoms. The summed E-state index contributed by atoms with van der Waals surface area (Å²) in [6.45, 7) is 5.53. The predicted molar refractivity (Wildman–Crippen MR) is 143 cm³/mol. The van der Waals surface area contributed by atoms with E-state index in [0.29, 0.717) is 5.69 Å². The molecule has 0 amide bonds. The van der Waals surface area contributed by atoms with Gasteiger partial charge in [-0.3, -0.25) is 4.90 Å². The molecule has 1 aliphatic heterocycles. The lowest BCUT2D eigenvalue weighted by Crippen LogP contribution is -2.52. The van der Waals surface area contributed by atoms with Crippen molar-refractivity contribution in [3.63, 3.8) is 0 Å². The van der Waals surface area contributed by atoms with E-state index < -0.39 is 6.10 Å². The van der Waals surface area contributed by atoms with Crippen LogP contribution in [0.3, 0.4) is 0 Å². The Morgan fingerprint density at radius 2 is 1.44 bits per heavy atom. The number of aliphatic hydroxyl groups excluding tert-OH is 1. The molecule has 1 saturated heterocycles. The average Bonchev–Trinajstić information content (AvgIpc) is 3.34. The second-order valence-electron chi connectivity index (χ2n) is 9.34. The van der Waals surface area contributed by atoms with Gasteiger partial charge in [-0.2, -0.15) is 0 Å². The summed E-state index contributed by atoms with van der Waals surface area (Å²) in [6.07, 6.45) is -0.781. The minimum absolute atomic E-state index is 0.0129. The molecule has 0 aliphatic carbocycles. The quantitative estimate of drug-likeness (QED) is 0.344. The minimum atomic E-state index is -0.781. The van der Waals surface area contributed by atoms with E-state index in [1.54, 1.807) is 7.11 Å². The van der Waals surface area contributed by atoms with Crippen molar-refractivity contribution in [1.82, 2.24) is 20.2 Å². The van der Waals surface area contributed by atoms with Gasteiger partial charge in [-0.25, -0.2) is 4.98 Å². The number of aryl methyl sites for hydroxylation is 1. The van der Waals surface area contributed by atoms with Crippen molar-refractivity contribution >= 4 is 0 Å². The van der Waals surface area contributed by atoms with Crippen molar-refractivity contribution in [3.05, 3.63) is 107 Å². The first-order valence-corrected chi connectivity index (χ1v) is 12.6. The number of rotatable bonds is 8. The Morgan fingerprint density at radius 3 is 2.00 bits per heavy atom. The first-order valence-electron chi connectivity index (χ1n) is 12.6. The number of nitrogens with zero attached hydrogens (tertiary/aromatic N) is 2. The maximum atomic E-state index is 12.1. The molecular weight excluding hydrogens is 448 g/mol. The molecule has 2 atom stereocenters. The van der Waals surface area contributed by atoms with Crippen LogP contribution in [0.25, 0.3) is 11.4 Å². The largest absolute Gasteiger partial charge is 0.497 e. The number of aromatic nitrogens is 2. The van der Waals surface area contributed by atoms with Crippen LogP contribution in [0, 0.1) is 6.92 Å². The Hall–Kier alpha value is -3.45. The summed E-state index contributed by atoms with van der Waals surface area (Å²) in [5.41, 5.74) is 4.91. The molecule has 1 aromatic heterocycles. The topological polar surface area (TPSA) is 73.4 Å². The smallest absolute Gasteiger partial charge is 0.137 e. The van der Waals surface area contributed by atoms with Gasteiger partial charge in [0.05, 0.1) is 18.8 Å². The summed E-state index contributed by atoms with van der Waals surface area (Å²) in [7, 11) is 1.66. The van der Waals surface area contributed by atoms with Gasteiger partial charge < -0.3 is 20.1 Å². The molecule has 186 valence electrons. The fraction of sp³-hybridized carbons (Fsp3) is 0.300. The maximum absolute atomic E-state index is 12.1. The Kier molecular flexibility index (Phi) is 7.47. The molecular formula is C30H34N4O2. The van der Waals surface area contributed by atoms with Crippen molar-refractivity contribution in [3.8, 4) is 17.1 Å². The second-order valence-corrected chi connectivity index (χ2v) is 9.34. The fourth-order valence-corrected chi connectivity index (χ4v) is 5.29. The molecule has 0 bridgehead atoms. The highest BCUT2D eigenvalue weighted by molar-refractivity contribution is 5.57. The summed E-state index contributed by atoms with van der Waals surface area (Å²) in [4.78, 5) is 10.8. The van der Waals surface area contributed by atoms with E-state index >= 15 is 0 Å². The number of nitrogens with one attached hydrogen (secondary N) is 2.